The van der Waals surface area contributed by atoms with Crippen LogP contribution in [-0.2, 0) is 0 Å². The molecular formula is C9H21N3O. The summed E-state index contributed by atoms with van der Waals surface area (Å²) in [6, 6.07) is -0.111. The summed E-state index contributed by atoms with van der Waals surface area (Å²) in [5, 5.41) is 5.62. The fourth-order valence-electron chi connectivity index (χ4n) is 1.01. The maximum atomic E-state index is 11.2. The second-order valence-electron chi connectivity index (χ2n) is 3.80. The van der Waals surface area contributed by atoms with Gasteiger partial charge in [0.05, 0.1) is 0 Å². The fraction of sp³-hybridized carbons (Fsp3) is 0.889. The molecule has 0 aromatic rings. The van der Waals surface area contributed by atoms with Gasteiger partial charge in [-0.25, -0.2) is 4.79 Å². The Balaban J connectivity index is 3.75. The fourth-order valence-corrected chi connectivity index (χ4v) is 1.01. The SMILES string of the molecule is CCCNC(=O)NC(C)(C)CCN. The minimum Gasteiger partial charge on any atom is -0.338 e. The number of carbonyl (C=O) groups is 1. The van der Waals surface area contributed by atoms with Crippen LogP contribution in [0.25, 0.3) is 0 Å². The van der Waals surface area contributed by atoms with Crippen LogP contribution in [0.3, 0.4) is 0 Å². The number of nitrogens with one attached hydrogen (secondary N) is 2. The van der Waals surface area contributed by atoms with Gasteiger partial charge in [-0.2, -0.15) is 0 Å². The van der Waals surface area contributed by atoms with Crippen LogP contribution in [0.15, 0.2) is 0 Å². The summed E-state index contributed by atoms with van der Waals surface area (Å²) in [6.07, 6.45) is 1.73. The minimum absolute atomic E-state index is 0.111. The Bertz CT molecular complexity index is 157. The van der Waals surface area contributed by atoms with Gasteiger partial charge in [0.15, 0.2) is 0 Å². The quantitative estimate of drug-likeness (QED) is 0.596. The first-order chi connectivity index (χ1) is 6.02. The molecule has 0 aliphatic carbocycles. The zero-order valence-electron chi connectivity index (χ0n) is 8.81. The Hall–Kier alpha value is -0.770. The van der Waals surface area contributed by atoms with Crippen LogP contribution in [-0.4, -0.2) is 24.7 Å². The molecule has 0 unspecified atom stereocenters. The predicted molar refractivity (Wildman–Crippen MR) is 54.6 cm³/mol. The molecule has 0 aliphatic heterocycles. The summed E-state index contributed by atoms with van der Waals surface area (Å²) in [7, 11) is 0. The summed E-state index contributed by atoms with van der Waals surface area (Å²) >= 11 is 0. The number of amides is 2. The predicted octanol–water partition coefficient (Wildman–Crippen LogP) is 0.823. The molecule has 0 fully saturated rings. The van der Waals surface area contributed by atoms with Crippen molar-refractivity contribution in [1.82, 2.24) is 10.6 Å². The molecule has 4 N–H and O–H groups in total. The van der Waals surface area contributed by atoms with Gasteiger partial charge in [0.2, 0.25) is 0 Å². The van der Waals surface area contributed by atoms with Gasteiger partial charge >= 0.3 is 6.03 Å². The van der Waals surface area contributed by atoms with E-state index in [1.807, 2.05) is 20.8 Å². The maximum absolute atomic E-state index is 11.2. The topological polar surface area (TPSA) is 67.2 Å². The Labute approximate surface area is 80.3 Å². The van der Waals surface area contributed by atoms with Gasteiger partial charge in [0.25, 0.3) is 0 Å². The summed E-state index contributed by atoms with van der Waals surface area (Å²) < 4.78 is 0. The van der Waals surface area contributed by atoms with Gasteiger partial charge in [0, 0.05) is 12.1 Å². The molecule has 4 nitrogen and oxygen atoms in total. The summed E-state index contributed by atoms with van der Waals surface area (Å²) in [5.74, 6) is 0. The largest absolute Gasteiger partial charge is 0.338 e. The van der Waals surface area contributed by atoms with Gasteiger partial charge in [-0.05, 0) is 33.2 Å². The van der Waals surface area contributed by atoms with E-state index < -0.39 is 0 Å². The van der Waals surface area contributed by atoms with Gasteiger partial charge in [-0.1, -0.05) is 6.92 Å². The van der Waals surface area contributed by atoms with Crippen LogP contribution < -0.4 is 16.4 Å². The van der Waals surface area contributed by atoms with E-state index in [2.05, 4.69) is 10.6 Å². The summed E-state index contributed by atoms with van der Waals surface area (Å²) in [5.41, 5.74) is 5.20. The summed E-state index contributed by atoms with van der Waals surface area (Å²) in [6.45, 7) is 7.24. The first kappa shape index (κ1) is 12.2. The number of nitrogens with two attached hydrogens (primary N) is 1. The van der Waals surface area contributed by atoms with E-state index in [1.54, 1.807) is 0 Å². The lowest BCUT2D eigenvalue weighted by atomic mass is 10.0. The molecule has 0 spiro atoms. The van der Waals surface area contributed by atoms with Crippen molar-refractivity contribution in [2.45, 2.75) is 39.2 Å². The van der Waals surface area contributed by atoms with Gasteiger partial charge in [-0.15, -0.1) is 0 Å². The van der Waals surface area contributed by atoms with E-state index in [0.717, 1.165) is 12.8 Å². The molecule has 4 heteroatoms. The van der Waals surface area contributed by atoms with Crippen molar-refractivity contribution >= 4 is 6.03 Å². The van der Waals surface area contributed by atoms with Crippen LogP contribution in [0.5, 0.6) is 0 Å². The molecule has 0 aromatic carbocycles. The molecule has 0 aliphatic rings. The highest BCUT2D eigenvalue weighted by Gasteiger charge is 2.18. The molecule has 0 radical (unpaired) electrons. The molecule has 0 bridgehead atoms. The molecule has 0 saturated heterocycles. The van der Waals surface area contributed by atoms with Crippen LogP contribution in [0.2, 0.25) is 0 Å². The number of hydrogen-bond donors (Lipinski definition) is 3. The van der Waals surface area contributed by atoms with Crippen LogP contribution in [0, 0.1) is 0 Å². The zero-order chi connectivity index (χ0) is 10.3. The third-order valence-electron chi connectivity index (χ3n) is 1.76. The van der Waals surface area contributed by atoms with Gasteiger partial charge in [-0.3, -0.25) is 0 Å². The minimum atomic E-state index is -0.216. The van der Waals surface area contributed by atoms with Crippen molar-refractivity contribution in [1.29, 1.82) is 0 Å². The number of hydrogen-bond acceptors (Lipinski definition) is 2. The van der Waals surface area contributed by atoms with E-state index in [0.29, 0.717) is 13.1 Å². The molecule has 0 atom stereocenters. The summed E-state index contributed by atoms with van der Waals surface area (Å²) in [4.78, 5) is 11.2. The van der Waals surface area contributed by atoms with Crippen LogP contribution >= 0.6 is 0 Å². The first-order valence-corrected chi connectivity index (χ1v) is 4.78. The van der Waals surface area contributed by atoms with Crippen LogP contribution in [0.1, 0.15) is 33.6 Å². The first-order valence-electron chi connectivity index (χ1n) is 4.78. The average molecular weight is 187 g/mol. The monoisotopic (exact) mass is 187 g/mol. The van der Waals surface area contributed by atoms with E-state index in [1.165, 1.54) is 0 Å². The highest BCUT2D eigenvalue weighted by Crippen LogP contribution is 2.05. The smallest absolute Gasteiger partial charge is 0.315 e. The second-order valence-corrected chi connectivity index (χ2v) is 3.80. The van der Waals surface area contributed by atoms with E-state index >= 15 is 0 Å². The van der Waals surface area contributed by atoms with E-state index in [9.17, 15) is 4.79 Å². The molecule has 0 aromatic heterocycles. The number of carbonyl (C=O) groups excluding carboxylic acids is 1. The highest BCUT2D eigenvalue weighted by molar-refractivity contribution is 5.74. The van der Waals surface area contributed by atoms with Gasteiger partial charge in [0.1, 0.15) is 0 Å². The lowest BCUT2D eigenvalue weighted by Crippen LogP contribution is -2.49. The second kappa shape index (κ2) is 5.80. The lowest BCUT2D eigenvalue weighted by Gasteiger charge is -2.25. The zero-order valence-corrected chi connectivity index (χ0v) is 8.81. The number of rotatable bonds is 5. The molecule has 0 saturated carbocycles. The van der Waals surface area contributed by atoms with E-state index in [4.69, 9.17) is 5.73 Å². The Morgan fingerprint density at radius 3 is 2.54 bits per heavy atom. The van der Waals surface area contributed by atoms with Crippen molar-refractivity contribution in [3.63, 3.8) is 0 Å². The van der Waals surface area contributed by atoms with Crippen molar-refractivity contribution in [2.24, 2.45) is 5.73 Å². The standard InChI is InChI=1S/C9H21N3O/c1-4-7-11-8(13)12-9(2,3)5-6-10/h4-7,10H2,1-3H3,(H2,11,12,13). The van der Waals surface area contributed by atoms with E-state index in [-0.39, 0.29) is 11.6 Å². The van der Waals surface area contributed by atoms with Gasteiger partial charge < -0.3 is 16.4 Å². The molecule has 78 valence electrons. The Morgan fingerprint density at radius 1 is 1.46 bits per heavy atom. The maximum Gasteiger partial charge on any atom is 0.315 e. The van der Waals surface area contributed by atoms with Crippen molar-refractivity contribution in [3.05, 3.63) is 0 Å². The molecular weight excluding hydrogens is 166 g/mol. The van der Waals surface area contributed by atoms with Crippen molar-refractivity contribution < 1.29 is 4.79 Å². The average Bonchev–Trinajstić information content (AvgIpc) is 1.99. The number of urea groups is 1. The molecule has 0 heterocycles. The molecule has 0 rings (SSSR count). The highest BCUT2D eigenvalue weighted by atomic mass is 16.2. The third kappa shape index (κ3) is 6.40. The molecule has 13 heavy (non-hydrogen) atoms. The molecule has 2 amide bonds. The van der Waals surface area contributed by atoms with Crippen molar-refractivity contribution in [2.75, 3.05) is 13.1 Å². The Morgan fingerprint density at radius 2 is 2.08 bits per heavy atom. The third-order valence-corrected chi connectivity index (χ3v) is 1.76. The lowest BCUT2D eigenvalue weighted by molar-refractivity contribution is 0.228. The Kier molecular flexibility index (Phi) is 5.46. The van der Waals surface area contributed by atoms with Crippen LogP contribution in [0.4, 0.5) is 4.79 Å². The normalized spacial score (nSPS) is 11.1. The van der Waals surface area contributed by atoms with Crippen molar-refractivity contribution in [3.8, 4) is 0 Å².